The number of rotatable bonds is 0. The normalized spacial score (nSPS) is 45.0. The van der Waals surface area contributed by atoms with E-state index >= 15 is 0 Å². The van der Waals surface area contributed by atoms with Gasteiger partial charge >= 0.3 is 0 Å². The summed E-state index contributed by atoms with van der Waals surface area (Å²) in [6.45, 7) is 2.44. The number of hydrogen-bond acceptors (Lipinski definition) is 0. The van der Waals surface area contributed by atoms with Crippen molar-refractivity contribution >= 4 is 0 Å². The van der Waals surface area contributed by atoms with E-state index in [-0.39, 0.29) is 0 Å². The van der Waals surface area contributed by atoms with Gasteiger partial charge in [0, 0.05) is 0 Å². The van der Waals surface area contributed by atoms with Crippen LogP contribution in [0.4, 0.5) is 0 Å². The Morgan fingerprint density at radius 2 is 1.55 bits per heavy atom. The third-order valence-electron chi connectivity index (χ3n) is 3.80. The number of fused-ring (bicyclic) bond motifs is 1. The molecule has 0 aliphatic heterocycles. The zero-order chi connectivity index (χ0) is 7.68. The van der Waals surface area contributed by atoms with Gasteiger partial charge in [-0.3, -0.25) is 0 Å². The Hall–Kier alpha value is 0. The average molecular weight is 152 g/mol. The van der Waals surface area contributed by atoms with E-state index in [9.17, 15) is 0 Å². The Kier molecular flexibility index (Phi) is 2.20. The monoisotopic (exact) mass is 152 g/mol. The lowest BCUT2D eigenvalue weighted by Gasteiger charge is -2.38. The van der Waals surface area contributed by atoms with Crippen LogP contribution in [0.2, 0.25) is 0 Å². The van der Waals surface area contributed by atoms with Crippen LogP contribution in [0, 0.1) is 17.8 Å². The van der Waals surface area contributed by atoms with Crippen LogP contribution in [0.1, 0.15) is 51.9 Å². The van der Waals surface area contributed by atoms with Crippen molar-refractivity contribution < 1.29 is 0 Å². The predicted molar refractivity (Wildman–Crippen MR) is 48.5 cm³/mol. The first-order valence-electron chi connectivity index (χ1n) is 5.36. The Morgan fingerprint density at radius 3 is 2.36 bits per heavy atom. The minimum absolute atomic E-state index is 1.04. The van der Waals surface area contributed by atoms with Gasteiger partial charge in [-0.25, -0.2) is 0 Å². The molecule has 2 aliphatic rings. The van der Waals surface area contributed by atoms with Crippen LogP contribution in [0.3, 0.4) is 0 Å². The van der Waals surface area contributed by atoms with Gasteiger partial charge in [-0.1, -0.05) is 39.0 Å². The van der Waals surface area contributed by atoms with Crippen LogP contribution in [0.15, 0.2) is 0 Å². The summed E-state index contributed by atoms with van der Waals surface area (Å²) in [6, 6.07) is 0. The molecule has 64 valence electrons. The van der Waals surface area contributed by atoms with Gasteiger partial charge in [0.1, 0.15) is 0 Å². The van der Waals surface area contributed by atoms with E-state index in [0.717, 1.165) is 17.8 Å². The van der Waals surface area contributed by atoms with Crippen molar-refractivity contribution in [3.63, 3.8) is 0 Å². The fourth-order valence-electron chi connectivity index (χ4n) is 3.11. The predicted octanol–water partition coefficient (Wildman–Crippen LogP) is 3.61. The fraction of sp³-hybridized carbons (Fsp3) is 1.00. The summed E-state index contributed by atoms with van der Waals surface area (Å²) in [5.41, 5.74) is 0. The molecule has 0 aromatic rings. The van der Waals surface area contributed by atoms with E-state index in [4.69, 9.17) is 0 Å². The largest absolute Gasteiger partial charge is 0.0625 e. The molecule has 2 fully saturated rings. The first kappa shape index (κ1) is 7.64. The van der Waals surface area contributed by atoms with Gasteiger partial charge in [-0.05, 0) is 30.6 Å². The second-order valence-electron chi connectivity index (χ2n) is 4.72. The first-order valence-corrected chi connectivity index (χ1v) is 5.36. The van der Waals surface area contributed by atoms with E-state index in [0.29, 0.717) is 0 Å². The molecule has 0 heteroatoms. The van der Waals surface area contributed by atoms with Crippen molar-refractivity contribution in [1.29, 1.82) is 0 Å². The maximum Gasteiger partial charge on any atom is -0.0383 e. The molecule has 0 heterocycles. The summed E-state index contributed by atoms with van der Waals surface area (Å²) >= 11 is 0. The topological polar surface area (TPSA) is 0 Å². The summed E-state index contributed by atoms with van der Waals surface area (Å²) in [6.07, 6.45) is 10.8. The Morgan fingerprint density at radius 1 is 0.818 bits per heavy atom. The second kappa shape index (κ2) is 3.16. The second-order valence-corrected chi connectivity index (χ2v) is 4.72. The van der Waals surface area contributed by atoms with Gasteiger partial charge in [-0.2, -0.15) is 0 Å². The molecule has 2 saturated carbocycles. The van der Waals surface area contributed by atoms with Gasteiger partial charge < -0.3 is 0 Å². The fourth-order valence-corrected chi connectivity index (χ4v) is 3.11. The van der Waals surface area contributed by atoms with E-state index in [1.54, 1.807) is 25.7 Å². The summed E-state index contributed by atoms with van der Waals surface area (Å²) in [4.78, 5) is 0. The van der Waals surface area contributed by atoms with E-state index in [1.165, 1.54) is 19.3 Å². The van der Waals surface area contributed by atoms with Crippen LogP contribution in [-0.2, 0) is 0 Å². The molecule has 0 aromatic carbocycles. The Balaban J connectivity index is 1.93. The molecule has 0 aromatic heterocycles. The molecule has 0 saturated heterocycles. The van der Waals surface area contributed by atoms with Crippen LogP contribution >= 0.6 is 0 Å². The zero-order valence-electron chi connectivity index (χ0n) is 7.68. The van der Waals surface area contributed by atoms with E-state index < -0.39 is 0 Å². The highest BCUT2D eigenvalue weighted by Gasteiger charge is 2.29. The van der Waals surface area contributed by atoms with Gasteiger partial charge in [0.25, 0.3) is 0 Å². The summed E-state index contributed by atoms with van der Waals surface area (Å²) in [5.74, 6) is 3.31. The molecule has 0 N–H and O–H groups in total. The van der Waals surface area contributed by atoms with Gasteiger partial charge in [0.15, 0.2) is 0 Å². The molecule has 0 amide bonds. The Bertz CT molecular complexity index is 128. The third-order valence-corrected chi connectivity index (χ3v) is 3.80. The maximum absolute atomic E-state index is 2.44. The van der Waals surface area contributed by atoms with Crippen molar-refractivity contribution in [2.45, 2.75) is 51.9 Å². The zero-order valence-corrected chi connectivity index (χ0v) is 7.68. The third kappa shape index (κ3) is 1.60. The van der Waals surface area contributed by atoms with Crippen molar-refractivity contribution in [2.24, 2.45) is 17.8 Å². The van der Waals surface area contributed by atoms with Crippen LogP contribution in [0.5, 0.6) is 0 Å². The molecule has 0 spiro atoms. The summed E-state index contributed by atoms with van der Waals surface area (Å²) < 4.78 is 0. The van der Waals surface area contributed by atoms with Gasteiger partial charge in [0.2, 0.25) is 0 Å². The molecule has 0 unspecified atom stereocenters. The standard InChI is InChI=1S/C11H20/c1-9-6-7-10-4-2-3-5-11(10)8-9/h9-11H,2-8H2,1H3/t9-,10+,11+/m0/s1. The van der Waals surface area contributed by atoms with Crippen LogP contribution in [0.25, 0.3) is 0 Å². The van der Waals surface area contributed by atoms with Crippen molar-refractivity contribution in [1.82, 2.24) is 0 Å². The maximum atomic E-state index is 2.44. The van der Waals surface area contributed by atoms with Crippen LogP contribution in [-0.4, -0.2) is 0 Å². The van der Waals surface area contributed by atoms with Gasteiger partial charge in [-0.15, -0.1) is 0 Å². The molecule has 0 bridgehead atoms. The molecule has 2 aliphatic carbocycles. The Labute approximate surface area is 70.4 Å². The van der Waals surface area contributed by atoms with Crippen molar-refractivity contribution in [3.8, 4) is 0 Å². The molecule has 3 atom stereocenters. The average Bonchev–Trinajstić information content (AvgIpc) is 2.04. The molecular formula is C11H20. The number of hydrogen-bond donors (Lipinski definition) is 0. The van der Waals surface area contributed by atoms with E-state index in [1.807, 2.05) is 0 Å². The lowest BCUT2D eigenvalue weighted by Crippen LogP contribution is -2.26. The molecule has 0 nitrogen and oxygen atoms in total. The SMILES string of the molecule is C[C@H]1CC[C@H]2CCCC[C@@H]2C1. The quantitative estimate of drug-likeness (QED) is 0.497. The van der Waals surface area contributed by atoms with Gasteiger partial charge in [0.05, 0.1) is 0 Å². The van der Waals surface area contributed by atoms with Crippen LogP contribution < -0.4 is 0 Å². The molecule has 0 radical (unpaired) electrons. The van der Waals surface area contributed by atoms with Crippen molar-refractivity contribution in [2.75, 3.05) is 0 Å². The van der Waals surface area contributed by atoms with E-state index in [2.05, 4.69) is 6.92 Å². The highest BCUT2D eigenvalue weighted by Crippen LogP contribution is 2.42. The lowest BCUT2D eigenvalue weighted by atomic mass is 9.68. The smallest absolute Gasteiger partial charge is 0.0383 e. The minimum atomic E-state index is 1.04. The molecule has 11 heavy (non-hydrogen) atoms. The summed E-state index contributed by atoms with van der Waals surface area (Å²) in [5, 5.41) is 0. The molecular weight excluding hydrogens is 132 g/mol. The lowest BCUT2D eigenvalue weighted by molar-refractivity contribution is 0.137. The van der Waals surface area contributed by atoms with Crippen molar-refractivity contribution in [3.05, 3.63) is 0 Å². The minimum Gasteiger partial charge on any atom is -0.0625 e. The highest BCUT2D eigenvalue weighted by molar-refractivity contribution is 4.81. The highest BCUT2D eigenvalue weighted by atomic mass is 14.4. The first-order chi connectivity index (χ1) is 5.36. The summed E-state index contributed by atoms with van der Waals surface area (Å²) in [7, 11) is 0. The molecule has 2 rings (SSSR count).